The van der Waals surface area contributed by atoms with E-state index in [-0.39, 0.29) is 0 Å². The van der Waals surface area contributed by atoms with Crippen LogP contribution in [0.5, 0.6) is 6.01 Å². The lowest BCUT2D eigenvalue weighted by Crippen LogP contribution is -2.33. The lowest BCUT2D eigenvalue weighted by molar-refractivity contribution is 0.377. The van der Waals surface area contributed by atoms with E-state index in [0.717, 1.165) is 25.9 Å². The maximum absolute atomic E-state index is 9.22. The largest absolute Gasteiger partial charge is 0.467 e. The number of ether oxygens (including phenoxy) is 1. The molecule has 0 aromatic carbocycles. The van der Waals surface area contributed by atoms with E-state index in [9.17, 15) is 5.26 Å². The van der Waals surface area contributed by atoms with Gasteiger partial charge in [0.1, 0.15) is 0 Å². The summed E-state index contributed by atoms with van der Waals surface area (Å²) in [4.78, 5) is 17.4. The maximum atomic E-state index is 9.22. The van der Waals surface area contributed by atoms with E-state index in [2.05, 4.69) is 25.9 Å². The van der Waals surface area contributed by atoms with Gasteiger partial charge in [-0.15, -0.1) is 0 Å². The second-order valence-electron chi connectivity index (χ2n) is 6.68. The number of hydrogen-bond donors (Lipinski definition) is 0. The molecule has 7 nitrogen and oxygen atoms in total. The number of methoxy groups -OCH3 is 1. The molecule has 0 atom stereocenters. The third-order valence-corrected chi connectivity index (χ3v) is 3.94. The fraction of sp³-hybridized carbons (Fsp3) is 0.750. The topological polar surface area (TPSA) is 78.2 Å². The lowest BCUT2D eigenvalue weighted by Gasteiger charge is -2.26. The molecule has 7 heteroatoms. The summed E-state index contributed by atoms with van der Waals surface area (Å²) in [5.74, 6) is 1.20. The van der Waals surface area contributed by atoms with Gasteiger partial charge >= 0.3 is 6.01 Å². The van der Waals surface area contributed by atoms with Gasteiger partial charge in [0.05, 0.1) is 18.6 Å². The quantitative estimate of drug-likeness (QED) is 0.824. The van der Waals surface area contributed by atoms with Crippen molar-refractivity contribution in [3.8, 4) is 12.1 Å². The van der Waals surface area contributed by atoms with Crippen LogP contribution in [-0.2, 0) is 0 Å². The molecule has 0 saturated carbocycles. The number of rotatable bonds is 5. The highest BCUT2D eigenvalue weighted by molar-refractivity contribution is 5.40. The Morgan fingerprint density at radius 1 is 1.17 bits per heavy atom. The molecule has 0 spiro atoms. The zero-order valence-corrected chi connectivity index (χ0v) is 14.5. The van der Waals surface area contributed by atoms with Gasteiger partial charge in [0, 0.05) is 26.7 Å². The SMILES string of the molecule is COc1nc(N(C)CC(C)(C)C#N)nc(N2CCCCCC2)n1. The highest BCUT2D eigenvalue weighted by Gasteiger charge is 2.23. The third-order valence-electron chi connectivity index (χ3n) is 3.94. The van der Waals surface area contributed by atoms with Crippen LogP contribution in [0.1, 0.15) is 39.5 Å². The summed E-state index contributed by atoms with van der Waals surface area (Å²) in [6.07, 6.45) is 4.81. The summed E-state index contributed by atoms with van der Waals surface area (Å²) in [7, 11) is 3.45. The molecule has 0 N–H and O–H groups in total. The van der Waals surface area contributed by atoms with Crippen molar-refractivity contribution in [2.45, 2.75) is 39.5 Å². The van der Waals surface area contributed by atoms with E-state index in [1.165, 1.54) is 12.8 Å². The molecule has 23 heavy (non-hydrogen) atoms. The molecule has 1 aromatic heterocycles. The monoisotopic (exact) mass is 318 g/mol. The maximum Gasteiger partial charge on any atom is 0.322 e. The minimum absolute atomic E-state index is 0.316. The molecule has 0 amide bonds. The van der Waals surface area contributed by atoms with Crippen molar-refractivity contribution in [1.82, 2.24) is 15.0 Å². The molecule has 1 fully saturated rings. The van der Waals surface area contributed by atoms with Gasteiger partial charge in [-0.2, -0.15) is 20.2 Å². The first-order valence-corrected chi connectivity index (χ1v) is 8.12. The van der Waals surface area contributed by atoms with Gasteiger partial charge in [0.2, 0.25) is 11.9 Å². The average molecular weight is 318 g/mol. The van der Waals surface area contributed by atoms with Crippen LogP contribution in [0.3, 0.4) is 0 Å². The second kappa shape index (κ2) is 7.44. The highest BCUT2D eigenvalue weighted by atomic mass is 16.5. The van der Waals surface area contributed by atoms with E-state index < -0.39 is 5.41 Å². The molecule has 2 heterocycles. The molecule has 0 unspecified atom stereocenters. The van der Waals surface area contributed by atoms with Crippen LogP contribution < -0.4 is 14.5 Å². The first-order valence-electron chi connectivity index (χ1n) is 8.12. The van der Waals surface area contributed by atoms with Crippen molar-refractivity contribution < 1.29 is 4.74 Å². The van der Waals surface area contributed by atoms with Crippen LogP contribution in [-0.4, -0.2) is 48.7 Å². The summed E-state index contributed by atoms with van der Waals surface area (Å²) < 4.78 is 5.24. The molecule has 2 rings (SSSR count). The zero-order chi connectivity index (χ0) is 16.9. The van der Waals surface area contributed by atoms with Crippen molar-refractivity contribution >= 4 is 11.9 Å². The van der Waals surface area contributed by atoms with Gasteiger partial charge < -0.3 is 14.5 Å². The first kappa shape index (κ1) is 17.3. The van der Waals surface area contributed by atoms with E-state index in [1.807, 2.05) is 25.8 Å². The lowest BCUT2D eigenvalue weighted by atomic mass is 9.95. The molecule has 126 valence electrons. The van der Waals surface area contributed by atoms with E-state index >= 15 is 0 Å². The Morgan fingerprint density at radius 2 is 1.83 bits per heavy atom. The van der Waals surface area contributed by atoms with Crippen LogP contribution >= 0.6 is 0 Å². The van der Waals surface area contributed by atoms with Crippen LogP contribution in [0.25, 0.3) is 0 Å². The minimum Gasteiger partial charge on any atom is -0.467 e. The van der Waals surface area contributed by atoms with Crippen LogP contribution in [0.15, 0.2) is 0 Å². The third kappa shape index (κ3) is 4.68. The van der Waals surface area contributed by atoms with E-state index in [1.54, 1.807) is 7.11 Å². The van der Waals surface area contributed by atoms with E-state index in [0.29, 0.717) is 24.5 Å². The predicted octanol–water partition coefficient (Wildman–Crippen LogP) is 2.25. The molecular formula is C16H26N6O. The number of nitrogens with zero attached hydrogens (tertiary/aromatic N) is 6. The zero-order valence-electron chi connectivity index (χ0n) is 14.5. The summed E-state index contributed by atoms with van der Waals surface area (Å²) in [6.45, 7) is 6.26. The fourth-order valence-electron chi connectivity index (χ4n) is 2.71. The highest BCUT2D eigenvalue weighted by Crippen LogP contribution is 2.22. The molecule has 1 aromatic rings. The smallest absolute Gasteiger partial charge is 0.322 e. The summed E-state index contributed by atoms with van der Waals surface area (Å²) >= 11 is 0. The van der Waals surface area contributed by atoms with Gasteiger partial charge in [-0.1, -0.05) is 12.8 Å². The predicted molar refractivity (Wildman–Crippen MR) is 89.7 cm³/mol. The van der Waals surface area contributed by atoms with Gasteiger partial charge in [-0.3, -0.25) is 0 Å². The first-order chi connectivity index (χ1) is 10.9. The Balaban J connectivity index is 2.26. The molecule has 1 aliphatic rings. The average Bonchev–Trinajstić information content (AvgIpc) is 2.83. The Morgan fingerprint density at radius 3 is 2.39 bits per heavy atom. The molecule has 1 aliphatic heterocycles. The van der Waals surface area contributed by atoms with Crippen molar-refractivity contribution in [1.29, 1.82) is 5.26 Å². The summed E-state index contributed by atoms with van der Waals surface area (Å²) in [5.41, 5.74) is -0.475. The normalized spacial score (nSPS) is 15.7. The van der Waals surface area contributed by atoms with Crippen LogP contribution in [0.2, 0.25) is 0 Å². The van der Waals surface area contributed by atoms with Crippen LogP contribution in [0, 0.1) is 16.7 Å². The number of aromatic nitrogens is 3. The second-order valence-corrected chi connectivity index (χ2v) is 6.68. The fourth-order valence-corrected chi connectivity index (χ4v) is 2.71. The molecule has 0 radical (unpaired) electrons. The number of nitriles is 1. The molecule has 0 bridgehead atoms. The Kier molecular flexibility index (Phi) is 5.59. The van der Waals surface area contributed by atoms with Crippen molar-refractivity contribution in [2.75, 3.05) is 43.6 Å². The number of anilines is 2. The molecular weight excluding hydrogens is 292 g/mol. The van der Waals surface area contributed by atoms with Gasteiger partial charge in [-0.25, -0.2) is 0 Å². The van der Waals surface area contributed by atoms with Crippen molar-refractivity contribution in [3.05, 3.63) is 0 Å². The Labute approximate surface area is 138 Å². The van der Waals surface area contributed by atoms with Gasteiger partial charge in [0.25, 0.3) is 0 Å². The molecule has 0 aliphatic carbocycles. The van der Waals surface area contributed by atoms with Crippen molar-refractivity contribution in [3.63, 3.8) is 0 Å². The van der Waals surface area contributed by atoms with Gasteiger partial charge in [0.15, 0.2) is 0 Å². The van der Waals surface area contributed by atoms with Crippen LogP contribution in [0.4, 0.5) is 11.9 Å². The van der Waals surface area contributed by atoms with Gasteiger partial charge in [-0.05, 0) is 26.7 Å². The van der Waals surface area contributed by atoms with E-state index in [4.69, 9.17) is 4.74 Å². The Hall–Kier alpha value is -2.10. The number of hydrogen-bond acceptors (Lipinski definition) is 7. The summed E-state index contributed by atoms with van der Waals surface area (Å²) in [5, 5.41) is 9.22. The minimum atomic E-state index is -0.475. The molecule has 1 saturated heterocycles. The summed E-state index contributed by atoms with van der Waals surface area (Å²) in [6, 6.07) is 2.62. The Bertz CT molecular complexity index is 560. The van der Waals surface area contributed by atoms with Crippen molar-refractivity contribution in [2.24, 2.45) is 5.41 Å². The standard InChI is InChI=1S/C16H26N6O/c1-16(2,11-17)12-21(3)13-18-14(20-15(19-13)23-4)22-9-7-5-6-8-10-22/h5-10,12H2,1-4H3.